The maximum Gasteiger partial charge on any atom is 0.488 e. The first-order valence-electron chi connectivity index (χ1n) is 12.8. The molecule has 0 unspecified atom stereocenters. The molecule has 0 spiro atoms. The van der Waals surface area contributed by atoms with Gasteiger partial charge in [-0.25, -0.2) is 0 Å². The second-order valence-electron chi connectivity index (χ2n) is 10.0. The van der Waals surface area contributed by atoms with E-state index in [-0.39, 0.29) is 5.41 Å². The topological polar surface area (TPSA) is 43.7 Å². The lowest BCUT2D eigenvalue weighted by atomic mass is 9.80. The molecule has 2 N–H and O–H groups in total. The van der Waals surface area contributed by atoms with Crippen LogP contribution in [0.4, 0.5) is 17.1 Å². The minimum absolute atomic E-state index is 0.303. The van der Waals surface area contributed by atoms with Gasteiger partial charge in [-0.3, -0.25) is 0 Å². The van der Waals surface area contributed by atoms with Crippen LogP contribution >= 0.6 is 0 Å². The van der Waals surface area contributed by atoms with Crippen LogP contribution in [0.15, 0.2) is 115 Å². The molecule has 5 rings (SSSR count). The Morgan fingerprint density at radius 1 is 0.789 bits per heavy atom. The van der Waals surface area contributed by atoms with Gasteiger partial charge in [0.2, 0.25) is 0 Å². The summed E-state index contributed by atoms with van der Waals surface area (Å²) in [6.07, 6.45) is 10.1. The van der Waals surface area contributed by atoms with Gasteiger partial charge in [0.25, 0.3) is 0 Å². The van der Waals surface area contributed by atoms with Crippen LogP contribution in [0.1, 0.15) is 31.9 Å². The van der Waals surface area contributed by atoms with Crippen LogP contribution < -0.4 is 10.4 Å². The Kier molecular flexibility index (Phi) is 6.82. The second-order valence-corrected chi connectivity index (χ2v) is 10.0. The molecular formula is C34H30BNO2. The Bertz CT molecular complexity index is 1560. The van der Waals surface area contributed by atoms with Crippen molar-refractivity contribution in [1.29, 1.82) is 0 Å². The number of hydrogen-bond acceptors (Lipinski definition) is 3. The largest absolute Gasteiger partial charge is 0.488 e. The maximum absolute atomic E-state index is 9.62. The van der Waals surface area contributed by atoms with Crippen LogP contribution in [0.2, 0.25) is 0 Å². The lowest BCUT2D eigenvalue weighted by molar-refractivity contribution is 0.426. The zero-order valence-electron chi connectivity index (χ0n) is 21.9. The monoisotopic (exact) mass is 495 g/mol. The summed E-state index contributed by atoms with van der Waals surface area (Å²) in [4.78, 5) is 2.18. The van der Waals surface area contributed by atoms with Crippen molar-refractivity contribution in [2.24, 2.45) is 0 Å². The minimum atomic E-state index is -1.51. The van der Waals surface area contributed by atoms with Gasteiger partial charge >= 0.3 is 7.12 Å². The van der Waals surface area contributed by atoms with Crippen molar-refractivity contribution in [3.8, 4) is 23.5 Å². The van der Waals surface area contributed by atoms with Crippen molar-refractivity contribution in [2.45, 2.75) is 26.2 Å². The average molecular weight is 495 g/mol. The third kappa shape index (κ3) is 4.48. The number of terminal acetylenes is 1. The Hall–Kier alpha value is -4.30. The number of anilines is 3. The third-order valence-electron chi connectivity index (χ3n) is 7.28. The molecule has 0 saturated heterocycles. The molecule has 38 heavy (non-hydrogen) atoms. The zero-order valence-corrected chi connectivity index (χ0v) is 21.9. The summed E-state index contributed by atoms with van der Waals surface area (Å²) >= 11 is 0. The van der Waals surface area contributed by atoms with E-state index in [1.54, 1.807) is 12.1 Å². The lowest BCUT2D eigenvalue weighted by Crippen LogP contribution is -2.29. The highest BCUT2D eigenvalue weighted by atomic mass is 16.4. The zero-order chi connectivity index (χ0) is 26.9. The van der Waals surface area contributed by atoms with Crippen molar-refractivity contribution in [3.63, 3.8) is 0 Å². The molecule has 3 nitrogen and oxygen atoms in total. The number of allylic oxidation sites excluding steroid dienone is 4. The molecule has 0 heterocycles. The normalized spacial score (nSPS) is 13.9. The van der Waals surface area contributed by atoms with Gasteiger partial charge < -0.3 is 14.9 Å². The Balaban J connectivity index is 1.64. The molecule has 0 aliphatic heterocycles. The van der Waals surface area contributed by atoms with Crippen LogP contribution in [-0.4, -0.2) is 17.2 Å². The predicted octanol–water partition coefficient (Wildman–Crippen LogP) is 6.76. The van der Waals surface area contributed by atoms with Gasteiger partial charge in [0.05, 0.1) is 0 Å². The van der Waals surface area contributed by atoms with Crippen molar-refractivity contribution in [1.82, 2.24) is 0 Å². The highest BCUT2D eigenvalue weighted by Gasteiger charge is 2.36. The van der Waals surface area contributed by atoms with Crippen LogP contribution in [0.3, 0.4) is 0 Å². The van der Waals surface area contributed by atoms with E-state index < -0.39 is 7.12 Å². The summed E-state index contributed by atoms with van der Waals surface area (Å²) < 4.78 is 0. The molecular weight excluding hydrogens is 465 g/mol. The summed E-state index contributed by atoms with van der Waals surface area (Å²) in [6.45, 7) is 6.36. The summed E-state index contributed by atoms with van der Waals surface area (Å²) in [5, 5.41) is 19.2. The number of rotatable bonds is 6. The number of hydrogen-bond donors (Lipinski definition) is 2. The lowest BCUT2D eigenvalue weighted by Gasteiger charge is -2.28. The van der Waals surface area contributed by atoms with Gasteiger partial charge in [-0.15, -0.1) is 6.42 Å². The van der Waals surface area contributed by atoms with Gasteiger partial charge in [-0.1, -0.05) is 92.6 Å². The molecule has 0 bridgehead atoms. The van der Waals surface area contributed by atoms with E-state index in [0.717, 1.165) is 44.9 Å². The van der Waals surface area contributed by atoms with E-state index in [1.807, 2.05) is 43.3 Å². The van der Waals surface area contributed by atoms with Gasteiger partial charge in [-0.2, -0.15) is 0 Å². The average Bonchev–Trinajstić information content (AvgIpc) is 3.15. The van der Waals surface area contributed by atoms with Crippen molar-refractivity contribution < 1.29 is 10.0 Å². The quantitative estimate of drug-likeness (QED) is 0.230. The van der Waals surface area contributed by atoms with E-state index in [0.29, 0.717) is 5.46 Å². The third-order valence-corrected chi connectivity index (χ3v) is 7.28. The summed E-state index contributed by atoms with van der Waals surface area (Å²) in [5.74, 6) is 2.95. The fourth-order valence-corrected chi connectivity index (χ4v) is 5.30. The van der Waals surface area contributed by atoms with Crippen LogP contribution in [-0.2, 0) is 5.41 Å². The first kappa shape index (κ1) is 25.4. The van der Waals surface area contributed by atoms with Gasteiger partial charge in [0.15, 0.2) is 0 Å². The number of nitrogens with zero attached hydrogens (tertiary/aromatic N) is 1. The summed E-state index contributed by atoms with van der Waals surface area (Å²) in [7, 11) is -1.51. The molecule has 4 aromatic carbocycles. The molecule has 0 atom stereocenters. The standard InChI is InChI=1S/C34H30BNO2/c1-5-10-30-31-22-21-29(23-33(31)34(3,4)32(30)6-2)36(28-19-15-26(16-20-28)35(37)38)27-17-13-25(14-18-27)24-11-8-7-9-12-24/h2,5,7-23,37-38H,1,3-4H3. The highest BCUT2D eigenvalue weighted by Crippen LogP contribution is 2.48. The molecule has 0 fully saturated rings. The molecule has 0 amide bonds. The van der Waals surface area contributed by atoms with Gasteiger partial charge in [0, 0.05) is 28.1 Å². The first-order valence-corrected chi connectivity index (χ1v) is 12.8. The van der Waals surface area contributed by atoms with E-state index in [4.69, 9.17) is 6.42 Å². The smallest absolute Gasteiger partial charge is 0.423 e. The Labute approximate surface area is 225 Å². The second kappa shape index (κ2) is 10.2. The maximum atomic E-state index is 9.62. The minimum Gasteiger partial charge on any atom is -0.423 e. The van der Waals surface area contributed by atoms with Crippen LogP contribution in [0.25, 0.3) is 16.7 Å². The summed E-state index contributed by atoms with van der Waals surface area (Å²) in [6, 6.07) is 32.6. The summed E-state index contributed by atoms with van der Waals surface area (Å²) in [5.41, 5.74) is 9.78. The van der Waals surface area contributed by atoms with E-state index in [1.165, 1.54) is 5.56 Å². The van der Waals surface area contributed by atoms with Crippen LogP contribution in [0, 0.1) is 12.3 Å². The van der Waals surface area contributed by atoms with Gasteiger partial charge in [-0.05, 0) is 76.6 Å². The first-order chi connectivity index (χ1) is 18.3. The molecule has 4 heteroatoms. The molecule has 1 aliphatic carbocycles. The number of fused-ring (bicyclic) bond motifs is 1. The van der Waals surface area contributed by atoms with E-state index >= 15 is 0 Å². The van der Waals surface area contributed by atoms with Crippen molar-refractivity contribution >= 4 is 35.2 Å². The van der Waals surface area contributed by atoms with Crippen LogP contribution in [0.5, 0.6) is 0 Å². The number of benzene rings is 4. The molecule has 186 valence electrons. The van der Waals surface area contributed by atoms with Crippen molar-refractivity contribution in [3.05, 3.63) is 126 Å². The molecule has 4 aromatic rings. The Morgan fingerprint density at radius 2 is 1.37 bits per heavy atom. The fourth-order valence-electron chi connectivity index (χ4n) is 5.30. The Morgan fingerprint density at radius 3 is 1.95 bits per heavy atom. The molecule has 1 aliphatic rings. The molecule has 0 aromatic heterocycles. The molecule has 0 radical (unpaired) electrons. The highest BCUT2D eigenvalue weighted by molar-refractivity contribution is 6.58. The van der Waals surface area contributed by atoms with Gasteiger partial charge in [0.1, 0.15) is 0 Å². The van der Waals surface area contributed by atoms with Crippen molar-refractivity contribution in [2.75, 3.05) is 4.90 Å². The molecule has 0 saturated carbocycles. The fraction of sp³-hybridized carbons (Fsp3) is 0.118. The predicted molar refractivity (Wildman–Crippen MR) is 160 cm³/mol. The van der Waals surface area contributed by atoms with E-state index in [9.17, 15) is 10.0 Å². The van der Waals surface area contributed by atoms with E-state index in [2.05, 4.69) is 85.3 Å². The SMILES string of the molecule is C#CC1=C(C=CC)c2ccc(N(c3ccc(B(O)O)cc3)c3ccc(-c4ccccc4)cc3)cc2C1(C)C.